The summed E-state index contributed by atoms with van der Waals surface area (Å²) in [5.74, 6) is -3.62. The standard InChI is InChI=1S/C22H18ClF5N4O2S/c1-2-32(21(34)31-30-20(33)22(26,27)28)6-5-17-15(24)8-12(11-29-17)14-9-13(23)10-16(25)19(14)18-4-3-7-35-18/h3-4,7-11H,2,5-6H2,1H3,(H,30,33)(H,31,34). The number of benzene rings is 1. The molecule has 0 fully saturated rings. The number of carbonyl (C=O) groups excluding carboxylic acids is 2. The van der Waals surface area contributed by atoms with Gasteiger partial charge in [0.25, 0.3) is 0 Å². The Labute approximate surface area is 205 Å². The molecule has 3 amide bonds. The van der Waals surface area contributed by atoms with Crippen LogP contribution in [0, 0.1) is 11.6 Å². The maximum Gasteiger partial charge on any atom is 0.472 e. The van der Waals surface area contributed by atoms with E-state index in [1.807, 2.05) is 0 Å². The molecular weight excluding hydrogens is 515 g/mol. The quantitative estimate of drug-likeness (QED) is 0.322. The van der Waals surface area contributed by atoms with E-state index in [1.54, 1.807) is 29.9 Å². The predicted octanol–water partition coefficient (Wildman–Crippen LogP) is 5.58. The van der Waals surface area contributed by atoms with E-state index >= 15 is 0 Å². The van der Waals surface area contributed by atoms with Gasteiger partial charge in [-0.3, -0.25) is 15.2 Å². The van der Waals surface area contributed by atoms with Crippen molar-refractivity contribution >= 4 is 34.9 Å². The summed E-state index contributed by atoms with van der Waals surface area (Å²) in [4.78, 5) is 28.7. The molecule has 0 unspecified atom stereocenters. The Morgan fingerprint density at radius 1 is 1.14 bits per heavy atom. The first-order valence-corrected chi connectivity index (χ1v) is 11.4. The minimum absolute atomic E-state index is 0.0144. The van der Waals surface area contributed by atoms with Gasteiger partial charge in [-0.15, -0.1) is 11.3 Å². The third-order valence-electron chi connectivity index (χ3n) is 4.88. The van der Waals surface area contributed by atoms with Crippen molar-refractivity contribution in [3.8, 4) is 21.6 Å². The van der Waals surface area contributed by atoms with Gasteiger partial charge < -0.3 is 4.90 Å². The second kappa shape index (κ2) is 11.0. The Morgan fingerprint density at radius 2 is 1.89 bits per heavy atom. The number of likely N-dealkylation sites (N-methyl/N-ethyl adjacent to an activating group) is 1. The fourth-order valence-corrected chi connectivity index (χ4v) is 4.17. The number of halogens is 6. The summed E-state index contributed by atoms with van der Waals surface area (Å²) in [5, 5.41) is 1.91. The van der Waals surface area contributed by atoms with E-state index in [4.69, 9.17) is 11.6 Å². The molecule has 35 heavy (non-hydrogen) atoms. The predicted molar refractivity (Wildman–Crippen MR) is 122 cm³/mol. The van der Waals surface area contributed by atoms with Gasteiger partial charge in [-0.25, -0.2) is 19.0 Å². The molecule has 0 aliphatic carbocycles. The summed E-state index contributed by atoms with van der Waals surface area (Å²) in [6.45, 7) is 1.52. The lowest BCUT2D eigenvalue weighted by atomic mass is 9.99. The van der Waals surface area contributed by atoms with Crippen LogP contribution in [-0.2, 0) is 11.2 Å². The Hall–Kier alpha value is -3.25. The first-order chi connectivity index (χ1) is 16.5. The lowest BCUT2D eigenvalue weighted by molar-refractivity contribution is -0.174. The zero-order chi connectivity index (χ0) is 25.8. The average Bonchev–Trinajstić information content (AvgIpc) is 3.31. The molecule has 0 radical (unpaired) electrons. The van der Waals surface area contributed by atoms with Gasteiger partial charge in [0.1, 0.15) is 11.6 Å². The van der Waals surface area contributed by atoms with Gasteiger partial charge in [0, 0.05) is 46.7 Å². The van der Waals surface area contributed by atoms with Crippen molar-refractivity contribution in [1.29, 1.82) is 0 Å². The highest BCUT2D eigenvalue weighted by Crippen LogP contribution is 2.38. The van der Waals surface area contributed by atoms with E-state index in [-0.39, 0.29) is 41.4 Å². The maximum atomic E-state index is 14.9. The SMILES string of the molecule is CCN(CCc1ncc(-c2cc(Cl)cc(F)c2-c2cccs2)cc1F)C(=O)NNC(=O)C(F)(F)F. The van der Waals surface area contributed by atoms with Crippen LogP contribution >= 0.6 is 22.9 Å². The molecule has 0 bridgehead atoms. The van der Waals surface area contributed by atoms with Crippen LogP contribution in [0.15, 0.2) is 41.9 Å². The number of hydrogen-bond acceptors (Lipinski definition) is 4. The molecule has 3 aromatic rings. The van der Waals surface area contributed by atoms with Gasteiger partial charge in [0.2, 0.25) is 0 Å². The minimum Gasteiger partial charge on any atom is -0.323 e. The Balaban J connectivity index is 1.75. The number of amides is 3. The van der Waals surface area contributed by atoms with E-state index in [2.05, 4.69) is 4.98 Å². The Kier molecular flexibility index (Phi) is 8.28. The molecule has 0 aliphatic rings. The maximum absolute atomic E-state index is 14.9. The zero-order valence-corrected chi connectivity index (χ0v) is 19.6. The molecule has 0 saturated heterocycles. The summed E-state index contributed by atoms with van der Waals surface area (Å²) in [6.07, 6.45) is -3.88. The molecule has 3 rings (SSSR count). The normalized spacial score (nSPS) is 11.3. The number of rotatable bonds is 6. The van der Waals surface area contributed by atoms with Gasteiger partial charge in [0.15, 0.2) is 0 Å². The highest BCUT2D eigenvalue weighted by atomic mass is 35.5. The zero-order valence-electron chi connectivity index (χ0n) is 18.0. The highest BCUT2D eigenvalue weighted by Gasteiger charge is 2.39. The Morgan fingerprint density at radius 3 is 2.49 bits per heavy atom. The number of carbonyl (C=O) groups is 2. The molecule has 2 heterocycles. The van der Waals surface area contributed by atoms with Gasteiger partial charge in [-0.2, -0.15) is 13.2 Å². The smallest absolute Gasteiger partial charge is 0.323 e. The van der Waals surface area contributed by atoms with Gasteiger partial charge >= 0.3 is 18.1 Å². The monoisotopic (exact) mass is 532 g/mol. The van der Waals surface area contributed by atoms with Crippen molar-refractivity contribution in [1.82, 2.24) is 20.7 Å². The van der Waals surface area contributed by atoms with Crippen LogP contribution in [0.25, 0.3) is 21.6 Å². The van der Waals surface area contributed by atoms with E-state index in [0.29, 0.717) is 10.4 Å². The summed E-state index contributed by atoms with van der Waals surface area (Å²) >= 11 is 7.33. The van der Waals surface area contributed by atoms with E-state index in [0.717, 1.165) is 4.90 Å². The fraction of sp³-hybridized carbons (Fsp3) is 0.227. The second-order valence-corrected chi connectivity index (χ2v) is 8.54. The average molecular weight is 533 g/mol. The van der Waals surface area contributed by atoms with Gasteiger partial charge in [0.05, 0.1) is 5.69 Å². The molecule has 6 nitrogen and oxygen atoms in total. The molecule has 1 aromatic carbocycles. The molecule has 186 valence electrons. The lowest BCUT2D eigenvalue weighted by Gasteiger charge is -2.21. The lowest BCUT2D eigenvalue weighted by Crippen LogP contribution is -2.52. The topological polar surface area (TPSA) is 74.3 Å². The molecular formula is C22H18ClF5N4O2S. The molecule has 2 N–H and O–H groups in total. The summed E-state index contributed by atoms with van der Waals surface area (Å²) in [5.41, 5.74) is 3.80. The summed E-state index contributed by atoms with van der Waals surface area (Å²) < 4.78 is 66.3. The van der Waals surface area contributed by atoms with Crippen LogP contribution in [0.5, 0.6) is 0 Å². The number of aromatic nitrogens is 1. The van der Waals surface area contributed by atoms with Crippen molar-refractivity contribution in [3.05, 3.63) is 64.3 Å². The van der Waals surface area contributed by atoms with Crippen LogP contribution < -0.4 is 10.9 Å². The number of nitrogens with one attached hydrogen (secondary N) is 2. The Bertz CT molecular complexity index is 1220. The van der Waals surface area contributed by atoms with Gasteiger partial charge in [-0.05, 0) is 42.1 Å². The molecule has 0 aliphatic heterocycles. The molecule has 13 heteroatoms. The van der Waals surface area contributed by atoms with Crippen LogP contribution in [0.4, 0.5) is 26.7 Å². The first kappa shape index (κ1) is 26.4. The van der Waals surface area contributed by atoms with E-state index in [1.165, 1.54) is 41.2 Å². The summed E-state index contributed by atoms with van der Waals surface area (Å²) in [7, 11) is 0. The number of pyridine rings is 1. The summed E-state index contributed by atoms with van der Waals surface area (Å²) in [6, 6.07) is 6.32. The second-order valence-electron chi connectivity index (χ2n) is 7.15. The van der Waals surface area contributed by atoms with Crippen LogP contribution in [0.1, 0.15) is 12.6 Å². The number of nitrogens with zero attached hydrogens (tertiary/aromatic N) is 2. The van der Waals surface area contributed by atoms with Crippen molar-refractivity contribution in [2.45, 2.75) is 19.5 Å². The third kappa shape index (κ3) is 6.45. The number of hydrogen-bond donors (Lipinski definition) is 2. The van der Waals surface area contributed by atoms with Crippen LogP contribution in [0.2, 0.25) is 5.02 Å². The molecule has 0 atom stereocenters. The van der Waals surface area contributed by atoms with E-state index < -0.39 is 29.7 Å². The molecule has 2 aromatic heterocycles. The molecule has 0 spiro atoms. The van der Waals surface area contributed by atoms with Crippen LogP contribution in [0.3, 0.4) is 0 Å². The third-order valence-corrected chi connectivity index (χ3v) is 5.98. The van der Waals surface area contributed by atoms with Crippen molar-refractivity contribution in [2.24, 2.45) is 0 Å². The van der Waals surface area contributed by atoms with Gasteiger partial charge in [-0.1, -0.05) is 17.7 Å². The minimum atomic E-state index is -5.16. The largest absolute Gasteiger partial charge is 0.472 e. The molecule has 0 saturated carbocycles. The number of urea groups is 1. The number of thiophene rings is 1. The first-order valence-electron chi connectivity index (χ1n) is 10.1. The van der Waals surface area contributed by atoms with Crippen molar-refractivity contribution < 1.29 is 31.5 Å². The van der Waals surface area contributed by atoms with Crippen molar-refractivity contribution in [2.75, 3.05) is 13.1 Å². The highest BCUT2D eigenvalue weighted by molar-refractivity contribution is 7.13. The van der Waals surface area contributed by atoms with E-state index in [9.17, 15) is 31.5 Å². The van der Waals surface area contributed by atoms with Crippen LogP contribution in [-0.4, -0.2) is 41.1 Å². The van der Waals surface area contributed by atoms with Crippen molar-refractivity contribution in [3.63, 3.8) is 0 Å². The fourth-order valence-electron chi connectivity index (χ4n) is 3.17. The number of hydrazine groups is 1. The number of alkyl halides is 3.